The number of carbonyl (C=O) groups excluding carboxylic acids is 4. The summed E-state index contributed by atoms with van der Waals surface area (Å²) in [5, 5.41) is 8.48. The van der Waals surface area contributed by atoms with Gasteiger partial charge in [0.25, 0.3) is 11.8 Å². The first-order chi connectivity index (χ1) is 29.1. The Labute approximate surface area is 348 Å². The second kappa shape index (κ2) is 18.3. The molecule has 0 saturated carbocycles. The van der Waals surface area contributed by atoms with Crippen LogP contribution in [-0.2, 0) is 0 Å². The van der Waals surface area contributed by atoms with Gasteiger partial charge in [-0.15, -0.1) is 0 Å². The van der Waals surface area contributed by atoms with E-state index in [1.54, 1.807) is 64.8 Å². The molecule has 2 unspecified atom stereocenters. The standard InChI is InChI=1S/2C25H23N3O2/c2*1-28(2)25(30)18-11-8-12-19(15-18)27-23(17-9-4-3-5-10-17)24(29)21-16-26-22-14-7-6-13-20(21)22/h2*3-16,23,26-27H,1-2H3. The number of para-hydroxylation sites is 2. The number of nitrogens with zero attached hydrogens (tertiary/aromatic N) is 2. The Morgan fingerprint density at radius 3 is 1.20 bits per heavy atom. The second-order valence-corrected chi connectivity index (χ2v) is 14.8. The van der Waals surface area contributed by atoms with E-state index in [-0.39, 0.29) is 23.4 Å². The lowest BCUT2D eigenvalue weighted by atomic mass is 9.96. The summed E-state index contributed by atoms with van der Waals surface area (Å²) in [5.41, 5.74) is 7.38. The van der Waals surface area contributed by atoms with E-state index in [1.807, 2.05) is 133 Å². The third-order valence-electron chi connectivity index (χ3n) is 10.2. The SMILES string of the molecule is CN(C)C(=O)c1cccc(NC(C(=O)c2c[nH]c3ccccc23)c2ccccc2)c1.CN(C)C(=O)c1cccc(NC(C(=O)c2c[nH]c3ccccc23)c2ccccc2)c1. The Morgan fingerprint density at radius 1 is 0.450 bits per heavy atom. The Morgan fingerprint density at radius 2 is 0.817 bits per heavy atom. The Hall–Kier alpha value is -7.72. The number of fused-ring (bicyclic) bond motifs is 2. The number of aromatic amines is 2. The fourth-order valence-corrected chi connectivity index (χ4v) is 7.09. The van der Waals surface area contributed by atoms with Crippen molar-refractivity contribution in [3.05, 3.63) is 203 Å². The number of benzene rings is 6. The number of ketones is 2. The first-order valence-corrected chi connectivity index (χ1v) is 19.6. The molecule has 0 spiro atoms. The van der Waals surface area contributed by atoms with Crippen LogP contribution >= 0.6 is 0 Å². The van der Waals surface area contributed by atoms with Crippen LogP contribution in [0.4, 0.5) is 11.4 Å². The topological polar surface area (TPSA) is 130 Å². The molecular formula is C50H46N6O4. The minimum atomic E-state index is -0.588. The van der Waals surface area contributed by atoms with Crippen molar-refractivity contribution < 1.29 is 19.2 Å². The number of hydrogen-bond acceptors (Lipinski definition) is 6. The molecule has 0 fully saturated rings. The molecule has 8 rings (SSSR count). The summed E-state index contributed by atoms with van der Waals surface area (Å²) in [6, 6.07) is 48.0. The van der Waals surface area contributed by atoms with Gasteiger partial charge >= 0.3 is 0 Å². The van der Waals surface area contributed by atoms with E-state index >= 15 is 0 Å². The van der Waals surface area contributed by atoms with Crippen molar-refractivity contribution in [2.75, 3.05) is 38.8 Å². The number of hydrogen-bond donors (Lipinski definition) is 4. The molecule has 10 heteroatoms. The third-order valence-corrected chi connectivity index (χ3v) is 10.2. The fourth-order valence-electron chi connectivity index (χ4n) is 7.09. The molecule has 0 bridgehead atoms. The van der Waals surface area contributed by atoms with Gasteiger partial charge in [-0.05, 0) is 59.7 Å². The van der Waals surface area contributed by atoms with E-state index in [9.17, 15) is 19.2 Å². The van der Waals surface area contributed by atoms with Crippen molar-refractivity contribution in [3.63, 3.8) is 0 Å². The molecule has 0 aliphatic carbocycles. The van der Waals surface area contributed by atoms with Crippen LogP contribution < -0.4 is 10.6 Å². The van der Waals surface area contributed by atoms with Crippen molar-refractivity contribution in [3.8, 4) is 0 Å². The summed E-state index contributed by atoms with van der Waals surface area (Å²) in [6.07, 6.45) is 3.52. The largest absolute Gasteiger partial charge is 0.371 e. The Balaban J connectivity index is 0.000000181. The summed E-state index contributed by atoms with van der Waals surface area (Å²) in [6.45, 7) is 0. The molecule has 300 valence electrons. The number of amides is 2. The van der Waals surface area contributed by atoms with Gasteiger partial charge in [0.2, 0.25) is 0 Å². The van der Waals surface area contributed by atoms with Crippen molar-refractivity contribution >= 4 is 56.6 Å². The van der Waals surface area contributed by atoms with Crippen molar-refractivity contribution in [2.45, 2.75) is 12.1 Å². The lowest BCUT2D eigenvalue weighted by Crippen LogP contribution is -2.23. The highest BCUT2D eigenvalue weighted by Gasteiger charge is 2.26. The first kappa shape index (κ1) is 40.5. The minimum Gasteiger partial charge on any atom is -0.371 e. The predicted octanol–water partition coefficient (Wildman–Crippen LogP) is 9.81. The van der Waals surface area contributed by atoms with Crippen LogP contribution in [0.3, 0.4) is 0 Å². The average molecular weight is 795 g/mol. The van der Waals surface area contributed by atoms with E-state index in [2.05, 4.69) is 20.6 Å². The van der Waals surface area contributed by atoms with E-state index < -0.39 is 12.1 Å². The molecule has 2 atom stereocenters. The lowest BCUT2D eigenvalue weighted by molar-refractivity contribution is 0.0820. The van der Waals surface area contributed by atoms with E-state index in [1.165, 1.54) is 9.80 Å². The van der Waals surface area contributed by atoms with Crippen LogP contribution in [0.5, 0.6) is 0 Å². The molecule has 0 radical (unpaired) electrons. The molecule has 2 heterocycles. The summed E-state index contributed by atoms with van der Waals surface area (Å²) < 4.78 is 0. The van der Waals surface area contributed by atoms with Gasteiger partial charge in [0.1, 0.15) is 12.1 Å². The van der Waals surface area contributed by atoms with Crippen molar-refractivity contribution in [1.82, 2.24) is 19.8 Å². The molecule has 4 N–H and O–H groups in total. The van der Waals surface area contributed by atoms with Gasteiger partial charge in [-0.3, -0.25) is 19.2 Å². The Kier molecular flexibility index (Phi) is 12.3. The zero-order chi connectivity index (χ0) is 42.2. The van der Waals surface area contributed by atoms with Crippen LogP contribution in [-0.4, -0.2) is 71.3 Å². The van der Waals surface area contributed by atoms with Gasteiger partial charge < -0.3 is 30.4 Å². The molecule has 2 aromatic heterocycles. The quantitative estimate of drug-likeness (QED) is 0.0912. The number of carbonyl (C=O) groups is 4. The summed E-state index contributed by atoms with van der Waals surface area (Å²) in [4.78, 5) is 61.3. The van der Waals surface area contributed by atoms with Gasteiger partial charge in [0.05, 0.1) is 0 Å². The summed E-state index contributed by atoms with van der Waals surface area (Å²) >= 11 is 0. The van der Waals surface area contributed by atoms with Gasteiger partial charge in [-0.1, -0.05) is 109 Å². The van der Waals surface area contributed by atoms with Gasteiger partial charge in [0, 0.05) is 96.0 Å². The minimum absolute atomic E-state index is 0.0389. The maximum absolute atomic E-state index is 13.6. The van der Waals surface area contributed by atoms with Gasteiger partial charge in [0.15, 0.2) is 11.6 Å². The normalized spacial score (nSPS) is 11.8. The first-order valence-electron chi connectivity index (χ1n) is 19.6. The fraction of sp³-hybridized carbons (Fsp3) is 0.120. The third kappa shape index (κ3) is 9.03. The zero-order valence-corrected chi connectivity index (χ0v) is 33.8. The Bertz CT molecular complexity index is 2580. The highest BCUT2D eigenvalue weighted by atomic mass is 16.2. The van der Waals surface area contributed by atoms with E-state index in [0.29, 0.717) is 33.6 Å². The molecule has 8 aromatic rings. The lowest BCUT2D eigenvalue weighted by Gasteiger charge is -2.20. The molecule has 0 saturated heterocycles. The molecule has 6 aromatic carbocycles. The summed E-state index contributed by atoms with van der Waals surface area (Å²) in [7, 11) is 6.87. The van der Waals surface area contributed by atoms with Crippen molar-refractivity contribution in [1.29, 1.82) is 0 Å². The zero-order valence-electron chi connectivity index (χ0n) is 33.8. The molecule has 2 amide bonds. The number of H-pyrrole nitrogens is 2. The summed E-state index contributed by atoms with van der Waals surface area (Å²) in [5.74, 6) is -0.248. The number of anilines is 2. The van der Waals surface area contributed by atoms with E-state index in [4.69, 9.17) is 0 Å². The number of aromatic nitrogens is 2. The molecular weight excluding hydrogens is 749 g/mol. The van der Waals surface area contributed by atoms with Gasteiger partial charge in [-0.2, -0.15) is 0 Å². The second-order valence-electron chi connectivity index (χ2n) is 14.8. The molecule has 10 nitrogen and oxygen atoms in total. The van der Waals surface area contributed by atoms with Crippen molar-refractivity contribution in [2.24, 2.45) is 0 Å². The maximum atomic E-state index is 13.6. The maximum Gasteiger partial charge on any atom is 0.253 e. The molecule has 60 heavy (non-hydrogen) atoms. The van der Waals surface area contributed by atoms with E-state index in [0.717, 1.165) is 32.9 Å². The van der Waals surface area contributed by atoms with Crippen LogP contribution in [0.2, 0.25) is 0 Å². The monoisotopic (exact) mass is 794 g/mol. The van der Waals surface area contributed by atoms with Crippen LogP contribution in [0.15, 0.2) is 170 Å². The smallest absolute Gasteiger partial charge is 0.253 e. The number of Topliss-reactive ketones (excluding diaryl/α,β-unsaturated/α-hetero) is 2. The number of rotatable bonds is 12. The average Bonchev–Trinajstić information content (AvgIpc) is 3.93. The van der Waals surface area contributed by atoms with Gasteiger partial charge in [-0.25, -0.2) is 0 Å². The van der Waals surface area contributed by atoms with Crippen LogP contribution in [0.25, 0.3) is 21.8 Å². The molecule has 0 aliphatic rings. The highest BCUT2D eigenvalue weighted by Crippen LogP contribution is 2.30. The van der Waals surface area contributed by atoms with Crippen LogP contribution in [0.1, 0.15) is 64.6 Å². The predicted molar refractivity (Wildman–Crippen MR) is 240 cm³/mol. The highest BCUT2D eigenvalue weighted by molar-refractivity contribution is 6.12. The number of nitrogens with one attached hydrogen (secondary N) is 4. The van der Waals surface area contributed by atoms with Crippen LogP contribution in [0, 0.1) is 0 Å². The molecule has 0 aliphatic heterocycles.